The number of benzene rings is 2. The molecule has 6 heteroatoms. The van der Waals surface area contributed by atoms with E-state index in [4.69, 9.17) is 0 Å². The summed E-state index contributed by atoms with van der Waals surface area (Å²) >= 11 is 0.117. The number of hydrogen-bond acceptors (Lipinski definition) is 2. The summed E-state index contributed by atoms with van der Waals surface area (Å²) in [6, 6.07) is 23.5. The number of rotatable bonds is 4. The minimum atomic E-state index is 0. The fraction of sp³-hybridized carbons (Fsp3) is 0.400. The van der Waals surface area contributed by atoms with E-state index < -0.39 is 0 Å². The van der Waals surface area contributed by atoms with Gasteiger partial charge in [-0.2, -0.15) is 60.7 Å². The Labute approximate surface area is 190 Å². The average Bonchev–Trinajstić information content (AvgIpc) is 2.63. The predicted octanol–water partition coefficient (Wildman–Crippen LogP) is 3.68. The van der Waals surface area contributed by atoms with Gasteiger partial charge in [0.1, 0.15) is 0 Å². The molecular weight excluding hydrogens is 552 g/mol. The quantitative estimate of drug-likeness (QED) is 0.402. The summed E-state index contributed by atoms with van der Waals surface area (Å²) < 4.78 is 0. The maximum absolute atomic E-state index is 4.26. The maximum Gasteiger partial charge on any atom is 2.00 e. The molecule has 2 atom stereocenters. The van der Waals surface area contributed by atoms with Gasteiger partial charge in [-0.05, 0) is 42.0 Å². The summed E-state index contributed by atoms with van der Waals surface area (Å²) in [7, 11) is 16.8. The van der Waals surface area contributed by atoms with E-state index in [-0.39, 0.29) is 36.4 Å². The van der Waals surface area contributed by atoms with Crippen molar-refractivity contribution in [2.45, 2.75) is 25.9 Å². The Morgan fingerprint density at radius 3 is 1.27 bits per heavy atom. The molecule has 0 aliphatic heterocycles. The fourth-order valence-electron chi connectivity index (χ4n) is 1.89. The van der Waals surface area contributed by atoms with E-state index >= 15 is 0 Å². The second-order valence-corrected chi connectivity index (χ2v) is 8.72. The van der Waals surface area contributed by atoms with E-state index in [1.165, 1.54) is 11.1 Å². The normalized spacial score (nSPS) is 12.2. The predicted molar refractivity (Wildman–Crippen MR) is 97.6 cm³/mol. The van der Waals surface area contributed by atoms with Crippen LogP contribution < -0.4 is 0 Å². The van der Waals surface area contributed by atoms with Crippen molar-refractivity contribution in [1.29, 1.82) is 0 Å². The zero-order valence-electron chi connectivity index (χ0n) is 16.1. The van der Waals surface area contributed by atoms with Crippen LogP contribution in [0, 0.1) is 31.2 Å². The van der Waals surface area contributed by atoms with Gasteiger partial charge in [-0.1, -0.05) is 0 Å². The monoisotopic (exact) mass is 580 g/mol. The first-order valence-electron chi connectivity index (χ1n) is 7.95. The van der Waals surface area contributed by atoms with E-state index in [1.807, 2.05) is 36.4 Å². The minimum Gasteiger partial charge on any atom is 2.00 e. The van der Waals surface area contributed by atoms with Gasteiger partial charge in [0.15, 0.2) is 0 Å². The van der Waals surface area contributed by atoms with Gasteiger partial charge in [0.25, 0.3) is 0 Å². The van der Waals surface area contributed by atoms with Crippen LogP contribution in [-0.2, 0) is 36.4 Å². The third-order valence-electron chi connectivity index (χ3n) is 3.92. The largest absolute Gasteiger partial charge is 2.00 e. The van der Waals surface area contributed by atoms with Crippen LogP contribution in [0.15, 0.2) is 48.5 Å². The first kappa shape index (κ1) is 28.5. The van der Waals surface area contributed by atoms with Crippen molar-refractivity contribution in [1.82, 2.24) is 9.80 Å². The molecule has 0 saturated heterocycles. The molecule has 2 unspecified atom stereocenters. The first-order valence-corrected chi connectivity index (χ1v) is 12.3. The standard InChI is InChI=1S/2C10H14N.2ClH.2Pd/c2*1-9(11(2)3)10-7-5-4-6-8-10;;;;/h2*4-7,9H,1-3H3;2*1H;;/q2*-1;;;2*+2. The summed E-state index contributed by atoms with van der Waals surface area (Å²) in [4.78, 5) is 4.34. The molecule has 2 aromatic rings. The van der Waals surface area contributed by atoms with Crippen LogP contribution in [0.4, 0.5) is 0 Å². The van der Waals surface area contributed by atoms with Gasteiger partial charge < -0.3 is 9.80 Å². The van der Waals surface area contributed by atoms with Crippen molar-refractivity contribution < 1.29 is 55.4 Å². The van der Waals surface area contributed by atoms with Crippen LogP contribution >= 0.6 is 0 Å². The Kier molecular flexibility index (Phi) is 19.0. The zero-order valence-corrected chi connectivity index (χ0v) is 20.9. The fourth-order valence-corrected chi connectivity index (χ4v) is 1.89. The molecule has 0 radical (unpaired) electrons. The van der Waals surface area contributed by atoms with Gasteiger partial charge in [0, 0.05) is 12.1 Å². The van der Waals surface area contributed by atoms with E-state index in [2.05, 4.69) is 95.2 Å². The zero-order chi connectivity index (χ0) is 19.2. The van der Waals surface area contributed by atoms with Gasteiger partial charge in [-0.15, -0.1) is 11.1 Å². The van der Waals surface area contributed by atoms with E-state index in [0.29, 0.717) is 12.1 Å². The van der Waals surface area contributed by atoms with Crippen LogP contribution in [0.25, 0.3) is 0 Å². The Morgan fingerprint density at radius 1 is 0.769 bits per heavy atom. The smallest absolute Gasteiger partial charge is 2.00 e. The van der Waals surface area contributed by atoms with Crippen LogP contribution in [0.1, 0.15) is 37.1 Å². The SMILES string of the molecule is CC(c1[c-]cccc1)N(C)C.CC(c1[c-]cccc1)N(C)C.[ClH+][Pd][ClH+].[Pd+2]. The average molecular weight is 582 g/mol. The van der Waals surface area contributed by atoms with Crippen molar-refractivity contribution in [2.24, 2.45) is 0 Å². The summed E-state index contributed by atoms with van der Waals surface area (Å²) in [5.74, 6) is 0. The molecule has 0 spiro atoms. The minimum absolute atomic E-state index is 0. The van der Waals surface area contributed by atoms with Crippen molar-refractivity contribution in [3.63, 3.8) is 0 Å². The topological polar surface area (TPSA) is 6.48 Å². The molecule has 0 N–H and O–H groups in total. The summed E-state index contributed by atoms with van der Waals surface area (Å²) in [6.07, 6.45) is 0. The summed E-state index contributed by atoms with van der Waals surface area (Å²) in [5.41, 5.74) is 2.50. The molecule has 2 rings (SSSR count). The van der Waals surface area contributed by atoms with Gasteiger partial charge in [0.05, 0.1) is 0 Å². The summed E-state index contributed by atoms with van der Waals surface area (Å²) in [5, 5.41) is 0. The molecule has 0 aliphatic rings. The van der Waals surface area contributed by atoms with Gasteiger partial charge >= 0.3 is 55.4 Å². The number of hydrogen-bond donors (Lipinski definition) is 0. The maximum atomic E-state index is 4.26. The van der Waals surface area contributed by atoms with Gasteiger partial charge in [-0.3, -0.25) is 0 Å². The molecule has 26 heavy (non-hydrogen) atoms. The number of halogens is 2. The summed E-state index contributed by atoms with van der Waals surface area (Å²) in [6.45, 7) is 4.34. The third-order valence-corrected chi connectivity index (χ3v) is 3.92. The first-order chi connectivity index (χ1) is 11.8. The molecular formula is C20H30Cl2N2Pd2+2. The van der Waals surface area contributed by atoms with Crippen molar-refractivity contribution in [3.05, 3.63) is 71.8 Å². The third kappa shape index (κ3) is 12.6. The molecule has 0 amide bonds. The number of nitrogens with zero attached hydrogens (tertiary/aromatic N) is 2. The van der Waals surface area contributed by atoms with E-state index in [1.54, 1.807) is 0 Å². The van der Waals surface area contributed by atoms with Crippen LogP contribution in [-0.4, -0.2) is 38.0 Å². The molecule has 0 heterocycles. The molecule has 152 valence electrons. The molecule has 2 nitrogen and oxygen atoms in total. The van der Waals surface area contributed by atoms with E-state index in [9.17, 15) is 0 Å². The Bertz CT molecular complexity index is 491. The Morgan fingerprint density at radius 2 is 1.08 bits per heavy atom. The van der Waals surface area contributed by atoms with E-state index in [0.717, 1.165) is 0 Å². The van der Waals surface area contributed by atoms with Crippen molar-refractivity contribution >= 4 is 0 Å². The Balaban J connectivity index is 0. The Hall–Kier alpha value is 0.265. The molecule has 2 aromatic carbocycles. The second-order valence-electron chi connectivity index (χ2n) is 5.97. The van der Waals surface area contributed by atoms with Crippen LogP contribution in [0.5, 0.6) is 0 Å². The van der Waals surface area contributed by atoms with Gasteiger partial charge in [-0.25, -0.2) is 0 Å². The van der Waals surface area contributed by atoms with Crippen LogP contribution in [0.2, 0.25) is 0 Å². The molecule has 0 aliphatic carbocycles. The van der Waals surface area contributed by atoms with Crippen molar-refractivity contribution in [3.8, 4) is 0 Å². The molecule has 0 fully saturated rings. The molecule has 0 aromatic heterocycles. The molecule has 0 bridgehead atoms. The van der Waals surface area contributed by atoms with Gasteiger partial charge in [0.2, 0.25) is 0 Å². The van der Waals surface area contributed by atoms with Crippen molar-refractivity contribution in [2.75, 3.05) is 28.2 Å². The van der Waals surface area contributed by atoms with Crippen LogP contribution in [0.3, 0.4) is 0 Å². The molecule has 0 saturated carbocycles. The second kappa shape index (κ2) is 17.4.